The molecule has 0 bridgehead atoms. The zero-order chi connectivity index (χ0) is 25.7. The van der Waals surface area contributed by atoms with Crippen LogP contribution in [0.2, 0.25) is 0 Å². The van der Waals surface area contributed by atoms with Crippen LogP contribution < -0.4 is 14.8 Å². The Bertz CT molecular complexity index is 1360. The topological polar surface area (TPSA) is 86.2 Å². The van der Waals surface area contributed by atoms with E-state index >= 15 is 0 Å². The van der Waals surface area contributed by atoms with Gasteiger partial charge in [-0.1, -0.05) is 23.9 Å². The van der Waals surface area contributed by atoms with Gasteiger partial charge in [0.1, 0.15) is 22.9 Å². The molecule has 0 aliphatic carbocycles. The van der Waals surface area contributed by atoms with E-state index in [1.807, 2.05) is 87.5 Å². The number of carbonyl (C=O) groups is 1. The quantitative estimate of drug-likeness (QED) is 0.299. The number of anilines is 1. The fourth-order valence-corrected chi connectivity index (χ4v) is 4.29. The van der Waals surface area contributed by atoms with Gasteiger partial charge in [-0.2, -0.15) is 0 Å². The van der Waals surface area contributed by atoms with Crippen molar-refractivity contribution in [1.29, 1.82) is 0 Å². The first kappa shape index (κ1) is 25.2. The van der Waals surface area contributed by atoms with Crippen LogP contribution in [-0.2, 0) is 4.79 Å². The fourth-order valence-electron chi connectivity index (χ4n) is 3.57. The van der Waals surface area contributed by atoms with Gasteiger partial charge in [0.05, 0.1) is 19.5 Å². The number of ether oxygens (including phenoxy) is 2. The van der Waals surface area contributed by atoms with E-state index in [0.717, 1.165) is 39.4 Å². The Balaban J connectivity index is 1.63. The Morgan fingerprint density at radius 2 is 1.42 bits per heavy atom. The van der Waals surface area contributed by atoms with Gasteiger partial charge in [-0.05, 0) is 86.5 Å². The molecule has 1 amide bonds. The minimum Gasteiger partial charge on any atom is -0.497 e. The molecule has 184 valence electrons. The van der Waals surface area contributed by atoms with E-state index in [0.29, 0.717) is 16.5 Å². The van der Waals surface area contributed by atoms with Gasteiger partial charge in [-0.15, -0.1) is 10.2 Å². The third-order valence-electron chi connectivity index (χ3n) is 5.70. The molecule has 36 heavy (non-hydrogen) atoms. The molecule has 0 fully saturated rings. The molecule has 7 nitrogen and oxygen atoms in total. The van der Waals surface area contributed by atoms with E-state index in [9.17, 15) is 4.79 Å². The SMILES string of the molecule is COc1ccc(-c2nnc(SC(C)C(=O)Nc3cc(C)ccc3C)nc2-c2ccc(OC)cc2)cc1. The molecule has 4 rings (SSSR count). The van der Waals surface area contributed by atoms with Gasteiger partial charge in [0.15, 0.2) is 0 Å². The molecule has 1 heterocycles. The molecule has 0 radical (unpaired) electrons. The normalized spacial score (nSPS) is 11.6. The van der Waals surface area contributed by atoms with Crippen LogP contribution >= 0.6 is 11.8 Å². The Morgan fingerprint density at radius 3 is 2.00 bits per heavy atom. The summed E-state index contributed by atoms with van der Waals surface area (Å²) in [6.45, 7) is 5.80. The number of aromatic nitrogens is 3. The number of rotatable bonds is 8. The van der Waals surface area contributed by atoms with E-state index in [4.69, 9.17) is 14.5 Å². The van der Waals surface area contributed by atoms with E-state index in [2.05, 4.69) is 15.5 Å². The Kier molecular flexibility index (Phi) is 7.85. The third kappa shape index (κ3) is 5.83. The van der Waals surface area contributed by atoms with Crippen LogP contribution in [0.3, 0.4) is 0 Å². The van der Waals surface area contributed by atoms with Gasteiger partial charge in [-0.25, -0.2) is 4.98 Å². The zero-order valence-electron chi connectivity index (χ0n) is 20.9. The van der Waals surface area contributed by atoms with Gasteiger partial charge in [-0.3, -0.25) is 4.79 Å². The lowest BCUT2D eigenvalue weighted by Crippen LogP contribution is -2.23. The molecule has 3 aromatic carbocycles. The first-order valence-corrected chi connectivity index (χ1v) is 12.3. The number of nitrogens with zero attached hydrogens (tertiary/aromatic N) is 3. The Morgan fingerprint density at radius 1 is 0.833 bits per heavy atom. The Labute approximate surface area is 215 Å². The van der Waals surface area contributed by atoms with Crippen molar-refractivity contribution in [3.63, 3.8) is 0 Å². The third-order valence-corrected chi connectivity index (χ3v) is 6.65. The van der Waals surface area contributed by atoms with E-state index in [1.54, 1.807) is 14.2 Å². The van der Waals surface area contributed by atoms with Crippen molar-refractivity contribution in [2.45, 2.75) is 31.2 Å². The largest absolute Gasteiger partial charge is 0.497 e. The van der Waals surface area contributed by atoms with Crippen LogP contribution in [0.25, 0.3) is 22.5 Å². The number of aryl methyl sites for hydroxylation is 2. The highest BCUT2D eigenvalue weighted by Crippen LogP contribution is 2.32. The molecule has 8 heteroatoms. The number of methoxy groups -OCH3 is 2. The van der Waals surface area contributed by atoms with Crippen molar-refractivity contribution in [2.75, 3.05) is 19.5 Å². The van der Waals surface area contributed by atoms with Gasteiger partial charge in [0.2, 0.25) is 11.1 Å². The van der Waals surface area contributed by atoms with Gasteiger partial charge in [0, 0.05) is 16.8 Å². The molecule has 1 aromatic heterocycles. The number of benzene rings is 3. The molecule has 1 atom stereocenters. The minimum absolute atomic E-state index is 0.123. The first-order chi connectivity index (χ1) is 17.4. The van der Waals surface area contributed by atoms with Crippen molar-refractivity contribution in [3.05, 3.63) is 77.9 Å². The van der Waals surface area contributed by atoms with E-state index in [1.165, 1.54) is 11.8 Å². The molecule has 0 saturated carbocycles. The van der Waals surface area contributed by atoms with Crippen molar-refractivity contribution >= 4 is 23.4 Å². The summed E-state index contributed by atoms with van der Waals surface area (Å²) in [4.78, 5) is 17.7. The van der Waals surface area contributed by atoms with Crippen molar-refractivity contribution in [3.8, 4) is 34.0 Å². The smallest absolute Gasteiger partial charge is 0.237 e. The molecular weight excluding hydrogens is 472 g/mol. The molecule has 0 spiro atoms. The maximum absolute atomic E-state index is 12.9. The second-order valence-corrected chi connectivity index (χ2v) is 9.62. The van der Waals surface area contributed by atoms with E-state index < -0.39 is 5.25 Å². The second-order valence-electron chi connectivity index (χ2n) is 8.32. The summed E-state index contributed by atoms with van der Waals surface area (Å²) in [7, 11) is 3.26. The van der Waals surface area contributed by atoms with Crippen LogP contribution in [-0.4, -0.2) is 40.6 Å². The maximum Gasteiger partial charge on any atom is 0.237 e. The van der Waals surface area contributed by atoms with Crippen LogP contribution in [0.15, 0.2) is 71.9 Å². The summed E-state index contributed by atoms with van der Waals surface area (Å²) < 4.78 is 10.6. The fraction of sp³-hybridized carbons (Fsp3) is 0.214. The molecule has 0 aliphatic rings. The molecule has 0 aliphatic heterocycles. The van der Waals surface area contributed by atoms with Crippen LogP contribution in [0, 0.1) is 13.8 Å². The lowest BCUT2D eigenvalue weighted by molar-refractivity contribution is -0.115. The lowest BCUT2D eigenvalue weighted by Gasteiger charge is -2.14. The van der Waals surface area contributed by atoms with E-state index in [-0.39, 0.29) is 5.91 Å². The molecule has 4 aromatic rings. The van der Waals surface area contributed by atoms with Crippen molar-refractivity contribution < 1.29 is 14.3 Å². The summed E-state index contributed by atoms with van der Waals surface area (Å²) in [5, 5.41) is 11.9. The summed E-state index contributed by atoms with van der Waals surface area (Å²) >= 11 is 1.27. The second kappa shape index (κ2) is 11.2. The number of hydrogen-bond acceptors (Lipinski definition) is 7. The average Bonchev–Trinajstić information content (AvgIpc) is 2.90. The van der Waals surface area contributed by atoms with Crippen molar-refractivity contribution in [2.24, 2.45) is 0 Å². The minimum atomic E-state index is -0.428. The molecular formula is C28H28N4O3S. The zero-order valence-corrected chi connectivity index (χ0v) is 21.7. The number of nitrogens with one attached hydrogen (secondary N) is 1. The Hall–Kier alpha value is -3.91. The van der Waals surface area contributed by atoms with Crippen LogP contribution in [0.5, 0.6) is 11.5 Å². The predicted octanol–water partition coefficient (Wildman–Crippen LogP) is 5.96. The summed E-state index contributed by atoms with van der Waals surface area (Å²) in [6.07, 6.45) is 0. The average molecular weight is 501 g/mol. The predicted molar refractivity (Wildman–Crippen MR) is 144 cm³/mol. The number of carbonyl (C=O) groups excluding carboxylic acids is 1. The highest BCUT2D eigenvalue weighted by Gasteiger charge is 2.20. The first-order valence-electron chi connectivity index (χ1n) is 11.5. The van der Waals surface area contributed by atoms with Gasteiger partial charge >= 0.3 is 0 Å². The molecule has 0 saturated heterocycles. The van der Waals surface area contributed by atoms with Crippen LogP contribution in [0.4, 0.5) is 5.69 Å². The summed E-state index contributed by atoms with van der Waals surface area (Å²) in [5.41, 5.74) is 5.93. The lowest BCUT2D eigenvalue weighted by atomic mass is 10.0. The van der Waals surface area contributed by atoms with Gasteiger partial charge in [0.25, 0.3) is 0 Å². The summed E-state index contributed by atoms with van der Waals surface area (Å²) in [6, 6.07) is 21.2. The summed E-state index contributed by atoms with van der Waals surface area (Å²) in [5.74, 6) is 1.38. The maximum atomic E-state index is 12.9. The van der Waals surface area contributed by atoms with Crippen molar-refractivity contribution in [1.82, 2.24) is 15.2 Å². The number of amides is 1. The van der Waals surface area contributed by atoms with Gasteiger partial charge < -0.3 is 14.8 Å². The monoisotopic (exact) mass is 500 g/mol. The molecule has 1 unspecified atom stereocenters. The standard InChI is InChI=1S/C28H28N4O3S/c1-17-6-7-18(2)24(16-17)29-27(33)19(3)36-28-30-25(20-8-12-22(34-4)13-9-20)26(31-32-28)21-10-14-23(35-5)15-11-21/h6-16,19H,1-5H3,(H,29,33). The van der Waals surface area contributed by atoms with Crippen LogP contribution in [0.1, 0.15) is 18.1 Å². The molecule has 1 N–H and O–H groups in total. The number of hydrogen-bond donors (Lipinski definition) is 1. The highest BCUT2D eigenvalue weighted by molar-refractivity contribution is 8.00. The number of thioether (sulfide) groups is 1. The highest BCUT2D eigenvalue weighted by atomic mass is 32.2.